The van der Waals surface area contributed by atoms with Gasteiger partial charge in [-0.1, -0.05) is 37.3 Å². The third-order valence-electron chi connectivity index (χ3n) is 6.66. The highest BCUT2D eigenvalue weighted by Gasteiger charge is 2.51. The van der Waals surface area contributed by atoms with Crippen LogP contribution in [-0.4, -0.2) is 62.8 Å². The van der Waals surface area contributed by atoms with Crippen molar-refractivity contribution >= 4 is 28.7 Å². The van der Waals surface area contributed by atoms with Crippen LogP contribution in [0.3, 0.4) is 0 Å². The molecule has 0 spiro atoms. The summed E-state index contributed by atoms with van der Waals surface area (Å²) in [6.45, 7) is 4.96. The molecule has 172 valence electrons. The van der Waals surface area contributed by atoms with Crippen LogP contribution in [0, 0.1) is 6.92 Å². The molecule has 1 aliphatic rings. The number of carboxylic acids is 1. The van der Waals surface area contributed by atoms with Crippen LogP contribution < -0.4 is 0 Å². The zero-order chi connectivity index (χ0) is 23.6. The Bertz CT molecular complexity index is 1190. The maximum Gasteiger partial charge on any atom is 0.306 e. The number of amides is 2. The van der Waals surface area contributed by atoms with E-state index < -0.39 is 17.9 Å². The number of piperazine rings is 1. The van der Waals surface area contributed by atoms with Gasteiger partial charge in [-0.15, -0.1) is 0 Å². The largest absolute Gasteiger partial charge is 0.481 e. The summed E-state index contributed by atoms with van der Waals surface area (Å²) in [6.07, 6.45) is 2.44. The third kappa shape index (κ3) is 4.23. The monoisotopic (exact) mass is 447 g/mol. The molecule has 0 bridgehead atoms. The van der Waals surface area contributed by atoms with E-state index in [1.165, 1.54) is 10.5 Å². The minimum Gasteiger partial charge on any atom is -0.481 e. The first-order valence-electron chi connectivity index (χ1n) is 11.3. The molecule has 2 amide bonds. The summed E-state index contributed by atoms with van der Waals surface area (Å²) in [6, 6.07) is 15.0. The number of H-pyrrole nitrogens is 1. The van der Waals surface area contributed by atoms with Gasteiger partial charge in [-0.25, -0.2) is 0 Å². The molecule has 2 heterocycles. The van der Waals surface area contributed by atoms with Gasteiger partial charge in [0.25, 0.3) is 5.91 Å². The smallest absolute Gasteiger partial charge is 0.306 e. The number of aromatic amines is 1. The van der Waals surface area contributed by atoms with E-state index in [-0.39, 0.29) is 18.2 Å². The summed E-state index contributed by atoms with van der Waals surface area (Å²) >= 11 is 0. The van der Waals surface area contributed by atoms with E-state index in [1.807, 2.05) is 19.2 Å². The van der Waals surface area contributed by atoms with E-state index in [0.29, 0.717) is 31.6 Å². The number of aryl methyl sites for hydroxylation is 1. The Morgan fingerprint density at radius 3 is 2.58 bits per heavy atom. The maximum atomic E-state index is 13.7. The second-order valence-corrected chi connectivity index (χ2v) is 8.68. The van der Waals surface area contributed by atoms with E-state index in [9.17, 15) is 19.5 Å². The maximum absolute atomic E-state index is 13.7. The van der Waals surface area contributed by atoms with Gasteiger partial charge in [0.15, 0.2) is 0 Å². The molecule has 1 aliphatic heterocycles. The molecular formula is C26H29N3O4. The Morgan fingerprint density at radius 2 is 1.88 bits per heavy atom. The van der Waals surface area contributed by atoms with Gasteiger partial charge in [0.1, 0.15) is 5.54 Å². The predicted molar refractivity (Wildman–Crippen MR) is 126 cm³/mol. The summed E-state index contributed by atoms with van der Waals surface area (Å²) in [7, 11) is 0. The number of aliphatic carboxylic acids is 1. The van der Waals surface area contributed by atoms with Gasteiger partial charge in [-0.2, -0.15) is 0 Å². The standard InChI is InChI=1S/C26H29N3O4/c1-3-26(16-23(30)31)25(33)28(13-14-29(26)24(32)19-7-5-4-6-8-19)12-11-20-17-27-22-15-18(2)9-10-21(20)22/h4-10,15,17,27H,3,11-14,16H2,1-2H3,(H,30,31). The summed E-state index contributed by atoms with van der Waals surface area (Å²) in [4.78, 5) is 45.2. The Morgan fingerprint density at radius 1 is 1.12 bits per heavy atom. The van der Waals surface area contributed by atoms with Crippen LogP contribution in [-0.2, 0) is 16.0 Å². The number of carbonyl (C=O) groups is 3. The van der Waals surface area contributed by atoms with Crippen LogP contribution in [0.2, 0.25) is 0 Å². The lowest BCUT2D eigenvalue weighted by atomic mass is 9.85. The summed E-state index contributed by atoms with van der Waals surface area (Å²) < 4.78 is 0. The number of fused-ring (bicyclic) bond motifs is 1. The lowest BCUT2D eigenvalue weighted by molar-refractivity contribution is -0.156. The van der Waals surface area contributed by atoms with Crippen LogP contribution in [0.25, 0.3) is 10.9 Å². The molecule has 1 unspecified atom stereocenters. The lowest BCUT2D eigenvalue weighted by Crippen LogP contribution is -2.67. The van der Waals surface area contributed by atoms with Crippen LogP contribution in [0.15, 0.2) is 54.7 Å². The summed E-state index contributed by atoms with van der Waals surface area (Å²) in [5.41, 5.74) is 2.40. The quantitative estimate of drug-likeness (QED) is 0.578. The van der Waals surface area contributed by atoms with Gasteiger partial charge in [0, 0.05) is 42.3 Å². The van der Waals surface area contributed by atoms with Gasteiger partial charge in [-0.05, 0) is 49.1 Å². The Labute approximate surface area is 193 Å². The number of nitrogens with one attached hydrogen (secondary N) is 1. The topological polar surface area (TPSA) is 93.7 Å². The second-order valence-electron chi connectivity index (χ2n) is 8.68. The van der Waals surface area contributed by atoms with E-state index in [4.69, 9.17) is 0 Å². The molecule has 1 saturated heterocycles. The van der Waals surface area contributed by atoms with Crippen molar-refractivity contribution in [1.29, 1.82) is 0 Å². The number of rotatable bonds is 7. The number of aromatic nitrogens is 1. The Balaban J connectivity index is 1.58. The van der Waals surface area contributed by atoms with Crippen molar-refractivity contribution in [1.82, 2.24) is 14.8 Å². The first-order valence-corrected chi connectivity index (χ1v) is 11.3. The van der Waals surface area contributed by atoms with Crippen molar-refractivity contribution in [2.75, 3.05) is 19.6 Å². The molecule has 1 aromatic heterocycles. The van der Waals surface area contributed by atoms with Crippen molar-refractivity contribution < 1.29 is 19.5 Å². The molecule has 3 aromatic rings. The van der Waals surface area contributed by atoms with Gasteiger partial charge < -0.3 is 19.9 Å². The highest BCUT2D eigenvalue weighted by Crippen LogP contribution is 2.32. The van der Waals surface area contributed by atoms with E-state index in [1.54, 1.807) is 36.1 Å². The van der Waals surface area contributed by atoms with Crippen molar-refractivity contribution in [3.05, 3.63) is 71.4 Å². The number of carbonyl (C=O) groups excluding carboxylic acids is 2. The fourth-order valence-corrected chi connectivity index (χ4v) is 4.84. The van der Waals surface area contributed by atoms with Crippen LogP contribution >= 0.6 is 0 Å². The zero-order valence-electron chi connectivity index (χ0n) is 19.0. The van der Waals surface area contributed by atoms with Crippen LogP contribution in [0.1, 0.15) is 41.3 Å². The molecule has 4 rings (SSSR count). The Hall–Kier alpha value is -3.61. The number of nitrogens with zero attached hydrogens (tertiary/aromatic N) is 2. The van der Waals surface area contributed by atoms with Gasteiger partial charge in [0.05, 0.1) is 6.42 Å². The average molecular weight is 448 g/mol. The highest BCUT2D eigenvalue weighted by molar-refractivity contribution is 6.01. The van der Waals surface area contributed by atoms with Crippen LogP contribution in [0.5, 0.6) is 0 Å². The minimum atomic E-state index is -1.39. The number of hydrogen-bond acceptors (Lipinski definition) is 3. The highest BCUT2D eigenvalue weighted by atomic mass is 16.4. The van der Waals surface area contributed by atoms with Crippen molar-refractivity contribution in [2.45, 2.75) is 38.6 Å². The minimum absolute atomic E-state index is 0.236. The molecule has 0 aliphatic carbocycles. The van der Waals surface area contributed by atoms with E-state index in [0.717, 1.165) is 16.5 Å². The number of carboxylic acid groups (broad SMARTS) is 1. The molecule has 1 atom stereocenters. The molecule has 1 fully saturated rings. The lowest BCUT2D eigenvalue weighted by Gasteiger charge is -2.48. The number of hydrogen-bond donors (Lipinski definition) is 2. The van der Waals surface area contributed by atoms with Gasteiger partial charge in [0.2, 0.25) is 5.91 Å². The first-order chi connectivity index (χ1) is 15.9. The Kier molecular flexibility index (Phi) is 6.22. The van der Waals surface area contributed by atoms with E-state index in [2.05, 4.69) is 23.2 Å². The van der Waals surface area contributed by atoms with Crippen molar-refractivity contribution in [3.63, 3.8) is 0 Å². The first kappa shape index (κ1) is 22.6. The predicted octanol–water partition coefficient (Wildman–Crippen LogP) is 3.63. The molecule has 33 heavy (non-hydrogen) atoms. The van der Waals surface area contributed by atoms with Crippen molar-refractivity contribution in [2.24, 2.45) is 0 Å². The second kappa shape index (κ2) is 9.10. The van der Waals surface area contributed by atoms with Crippen LogP contribution in [0.4, 0.5) is 0 Å². The number of benzene rings is 2. The van der Waals surface area contributed by atoms with E-state index >= 15 is 0 Å². The molecule has 2 N–H and O–H groups in total. The SMILES string of the molecule is CCC1(CC(=O)O)C(=O)N(CCc2c[nH]c3cc(C)ccc23)CCN1C(=O)c1ccccc1. The van der Waals surface area contributed by atoms with Crippen molar-refractivity contribution in [3.8, 4) is 0 Å². The molecule has 0 saturated carbocycles. The molecule has 7 nitrogen and oxygen atoms in total. The summed E-state index contributed by atoms with van der Waals surface area (Å²) in [5, 5.41) is 10.8. The fourth-order valence-electron chi connectivity index (χ4n) is 4.84. The average Bonchev–Trinajstić information content (AvgIpc) is 3.21. The third-order valence-corrected chi connectivity index (χ3v) is 6.66. The zero-order valence-corrected chi connectivity index (χ0v) is 19.0. The normalized spacial score (nSPS) is 18.7. The van der Waals surface area contributed by atoms with Gasteiger partial charge in [-0.3, -0.25) is 14.4 Å². The molecule has 0 radical (unpaired) electrons. The molecular weight excluding hydrogens is 418 g/mol. The summed E-state index contributed by atoms with van der Waals surface area (Å²) in [5.74, 6) is -1.69. The molecule has 2 aromatic carbocycles. The fraction of sp³-hybridized carbons (Fsp3) is 0.346. The molecule has 7 heteroatoms. The van der Waals surface area contributed by atoms with Gasteiger partial charge >= 0.3 is 5.97 Å².